The molecule has 0 spiro atoms. The molecule has 0 radical (unpaired) electrons. The molecule has 94 valence electrons. The molecule has 0 bridgehead atoms. The van der Waals surface area contributed by atoms with Crippen LogP contribution in [0.1, 0.15) is 12.5 Å². The van der Waals surface area contributed by atoms with E-state index in [9.17, 15) is 9.59 Å². The molecule has 0 unspecified atom stereocenters. The largest absolute Gasteiger partial charge is 0.334 e. The summed E-state index contributed by atoms with van der Waals surface area (Å²) in [5.41, 5.74) is -0.244. The maximum absolute atomic E-state index is 12.2. The first-order chi connectivity index (χ1) is 8.54. The first kappa shape index (κ1) is 13.0. The molecule has 2 heterocycles. The van der Waals surface area contributed by atoms with Crippen molar-refractivity contribution in [2.24, 2.45) is 0 Å². The highest BCUT2D eigenvalue weighted by molar-refractivity contribution is 9.10. The first-order valence-corrected chi connectivity index (χ1v) is 6.36. The first-order valence-electron chi connectivity index (χ1n) is 5.19. The Morgan fingerprint density at radius 3 is 2.78 bits per heavy atom. The van der Waals surface area contributed by atoms with E-state index >= 15 is 0 Å². The summed E-state index contributed by atoms with van der Waals surface area (Å²) in [4.78, 5) is 30.4. The van der Waals surface area contributed by atoms with Crippen molar-refractivity contribution in [3.8, 4) is 5.69 Å². The van der Waals surface area contributed by atoms with Gasteiger partial charge in [-0.15, -0.1) is 0 Å². The van der Waals surface area contributed by atoms with Gasteiger partial charge < -0.3 is 0 Å². The number of aromatic nitrogens is 3. The molecule has 0 saturated carbocycles. The Bertz CT molecular complexity index is 708. The Morgan fingerprint density at radius 2 is 2.17 bits per heavy atom. The van der Waals surface area contributed by atoms with E-state index in [0.29, 0.717) is 22.1 Å². The lowest BCUT2D eigenvalue weighted by atomic mass is 10.2. The van der Waals surface area contributed by atoms with Gasteiger partial charge in [0, 0.05) is 10.7 Å². The molecule has 0 saturated heterocycles. The Kier molecular flexibility index (Phi) is 3.68. The van der Waals surface area contributed by atoms with Crippen LogP contribution < -0.4 is 11.2 Å². The molecule has 0 aromatic carbocycles. The predicted molar refractivity (Wildman–Crippen MR) is 72.5 cm³/mol. The lowest BCUT2D eigenvalue weighted by molar-refractivity contribution is 0.837. The van der Waals surface area contributed by atoms with Crippen molar-refractivity contribution >= 4 is 27.5 Å². The minimum atomic E-state index is -0.581. The van der Waals surface area contributed by atoms with Gasteiger partial charge in [0.25, 0.3) is 5.56 Å². The lowest BCUT2D eigenvalue weighted by Gasteiger charge is -2.07. The zero-order valence-electron chi connectivity index (χ0n) is 9.41. The normalized spacial score (nSPS) is 10.6. The fraction of sp³-hybridized carbons (Fsp3) is 0.182. The van der Waals surface area contributed by atoms with Gasteiger partial charge in [-0.1, -0.05) is 18.5 Å². The summed E-state index contributed by atoms with van der Waals surface area (Å²) in [5.74, 6) is 0. The highest BCUT2D eigenvalue weighted by Gasteiger charge is 2.12. The van der Waals surface area contributed by atoms with Gasteiger partial charge in [0.1, 0.15) is 5.15 Å². The Morgan fingerprint density at radius 1 is 1.44 bits per heavy atom. The van der Waals surface area contributed by atoms with Crippen molar-refractivity contribution in [2.45, 2.75) is 13.3 Å². The van der Waals surface area contributed by atoms with E-state index < -0.39 is 11.2 Å². The number of aromatic amines is 1. The van der Waals surface area contributed by atoms with E-state index in [0.717, 1.165) is 4.57 Å². The summed E-state index contributed by atoms with van der Waals surface area (Å²) in [6.07, 6.45) is 3.45. The van der Waals surface area contributed by atoms with E-state index in [1.54, 1.807) is 19.2 Å². The molecule has 1 N–H and O–H groups in total. The van der Waals surface area contributed by atoms with Crippen LogP contribution in [0.3, 0.4) is 0 Å². The van der Waals surface area contributed by atoms with Crippen LogP contribution in [0.5, 0.6) is 0 Å². The van der Waals surface area contributed by atoms with Gasteiger partial charge in [-0.2, -0.15) is 0 Å². The minimum Gasteiger partial charge on any atom is -0.297 e. The quantitative estimate of drug-likeness (QED) is 0.855. The van der Waals surface area contributed by atoms with E-state index in [1.165, 1.54) is 6.20 Å². The Hall–Kier alpha value is -1.40. The zero-order chi connectivity index (χ0) is 13.3. The van der Waals surface area contributed by atoms with Gasteiger partial charge in [0.05, 0.1) is 17.4 Å². The third-order valence-electron chi connectivity index (χ3n) is 2.45. The molecular weight excluding hydrogens is 321 g/mol. The SMILES string of the molecule is CCc1c(Cl)[nH]c(=O)n(-c2cncc(Br)c2)c1=O. The molecule has 2 rings (SSSR count). The minimum absolute atomic E-state index is 0.0895. The van der Waals surface area contributed by atoms with Crippen LogP contribution >= 0.6 is 27.5 Å². The molecule has 0 amide bonds. The summed E-state index contributed by atoms with van der Waals surface area (Å²) in [7, 11) is 0. The summed E-state index contributed by atoms with van der Waals surface area (Å²) >= 11 is 9.07. The molecule has 0 aliphatic rings. The molecule has 0 aliphatic carbocycles. The fourth-order valence-corrected chi connectivity index (χ4v) is 2.26. The number of hydrogen-bond donors (Lipinski definition) is 1. The molecule has 0 atom stereocenters. The van der Waals surface area contributed by atoms with Gasteiger partial charge in [0.2, 0.25) is 0 Å². The Balaban J connectivity index is 2.80. The molecule has 0 fully saturated rings. The summed E-state index contributed by atoms with van der Waals surface area (Å²) in [5, 5.41) is 0.0895. The number of rotatable bonds is 2. The van der Waals surface area contributed by atoms with E-state index in [1.807, 2.05) is 0 Å². The fourth-order valence-electron chi connectivity index (χ4n) is 1.61. The maximum Gasteiger partial charge on any atom is 0.334 e. The molecule has 0 aliphatic heterocycles. The van der Waals surface area contributed by atoms with E-state index in [-0.39, 0.29) is 5.15 Å². The maximum atomic E-state index is 12.2. The van der Waals surface area contributed by atoms with Gasteiger partial charge in [-0.3, -0.25) is 14.8 Å². The molecular formula is C11H9BrClN3O2. The average molecular weight is 331 g/mol. The number of halogens is 2. The van der Waals surface area contributed by atoms with E-state index in [2.05, 4.69) is 25.9 Å². The molecule has 5 nitrogen and oxygen atoms in total. The molecule has 2 aromatic heterocycles. The van der Waals surface area contributed by atoms with Crippen LogP contribution in [-0.2, 0) is 6.42 Å². The van der Waals surface area contributed by atoms with Crippen LogP contribution in [0.15, 0.2) is 32.5 Å². The standard InChI is InChI=1S/C11H9BrClN3O2/c1-2-8-9(13)15-11(18)16(10(8)17)7-3-6(12)4-14-5-7/h3-5H,2H2,1H3,(H,15,18). The van der Waals surface area contributed by atoms with Crippen molar-refractivity contribution in [2.75, 3.05) is 0 Å². The number of hydrogen-bond acceptors (Lipinski definition) is 3. The van der Waals surface area contributed by atoms with Crippen molar-refractivity contribution in [1.82, 2.24) is 14.5 Å². The third-order valence-corrected chi connectivity index (χ3v) is 3.20. The summed E-state index contributed by atoms with van der Waals surface area (Å²) in [6.45, 7) is 1.80. The zero-order valence-corrected chi connectivity index (χ0v) is 11.7. The van der Waals surface area contributed by atoms with Gasteiger partial charge in [0.15, 0.2) is 0 Å². The van der Waals surface area contributed by atoms with Crippen LogP contribution in [-0.4, -0.2) is 14.5 Å². The Labute approximate surface area is 116 Å². The molecule has 7 heteroatoms. The summed E-state index contributed by atoms with van der Waals surface area (Å²) < 4.78 is 1.70. The average Bonchev–Trinajstić information content (AvgIpc) is 2.28. The van der Waals surface area contributed by atoms with Crippen molar-refractivity contribution in [1.29, 1.82) is 0 Å². The van der Waals surface area contributed by atoms with Crippen LogP contribution in [0.2, 0.25) is 5.15 Å². The van der Waals surface area contributed by atoms with Crippen molar-refractivity contribution in [3.63, 3.8) is 0 Å². The second-order valence-corrected chi connectivity index (χ2v) is 4.87. The molecule has 2 aromatic rings. The van der Waals surface area contributed by atoms with Crippen molar-refractivity contribution < 1.29 is 0 Å². The smallest absolute Gasteiger partial charge is 0.297 e. The highest BCUT2D eigenvalue weighted by Crippen LogP contribution is 2.12. The third kappa shape index (κ3) is 2.26. The van der Waals surface area contributed by atoms with E-state index in [4.69, 9.17) is 11.6 Å². The lowest BCUT2D eigenvalue weighted by Crippen LogP contribution is -2.36. The highest BCUT2D eigenvalue weighted by atomic mass is 79.9. The predicted octanol–water partition coefficient (Wildman–Crippen LogP) is 1.90. The second-order valence-electron chi connectivity index (χ2n) is 3.58. The number of H-pyrrole nitrogens is 1. The van der Waals surface area contributed by atoms with Crippen LogP contribution in [0.4, 0.5) is 0 Å². The van der Waals surface area contributed by atoms with Crippen LogP contribution in [0, 0.1) is 0 Å². The number of nitrogens with one attached hydrogen (secondary N) is 1. The number of nitrogens with zero attached hydrogens (tertiary/aromatic N) is 2. The monoisotopic (exact) mass is 329 g/mol. The summed E-state index contributed by atoms with van der Waals surface area (Å²) in [6, 6.07) is 1.64. The number of pyridine rings is 1. The van der Waals surface area contributed by atoms with Gasteiger partial charge in [-0.05, 0) is 28.4 Å². The van der Waals surface area contributed by atoms with Gasteiger partial charge in [-0.25, -0.2) is 9.36 Å². The molecule has 18 heavy (non-hydrogen) atoms. The van der Waals surface area contributed by atoms with Gasteiger partial charge >= 0.3 is 5.69 Å². The second kappa shape index (κ2) is 5.07. The van der Waals surface area contributed by atoms with Crippen molar-refractivity contribution in [3.05, 3.63) is 54.5 Å². The van der Waals surface area contributed by atoms with Crippen LogP contribution in [0.25, 0.3) is 5.69 Å². The topological polar surface area (TPSA) is 67.8 Å².